The van der Waals surface area contributed by atoms with E-state index in [1.54, 1.807) is 11.3 Å². The Balaban J connectivity index is 1.74. The van der Waals surface area contributed by atoms with Crippen molar-refractivity contribution in [2.45, 2.75) is 38.1 Å². The summed E-state index contributed by atoms with van der Waals surface area (Å²) in [6.45, 7) is 5.55. The molecule has 19 heavy (non-hydrogen) atoms. The molecule has 0 spiro atoms. The lowest BCUT2D eigenvalue weighted by Gasteiger charge is -2.34. The van der Waals surface area contributed by atoms with Gasteiger partial charge < -0.3 is 9.88 Å². The predicted molar refractivity (Wildman–Crippen MR) is 77.5 cm³/mol. The molecule has 0 unspecified atom stereocenters. The van der Waals surface area contributed by atoms with Crippen LogP contribution >= 0.6 is 11.3 Å². The number of imidazole rings is 1. The van der Waals surface area contributed by atoms with E-state index < -0.39 is 0 Å². The van der Waals surface area contributed by atoms with Gasteiger partial charge in [0.2, 0.25) is 0 Å². The van der Waals surface area contributed by atoms with Crippen molar-refractivity contribution in [3.63, 3.8) is 0 Å². The maximum atomic E-state index is 4.37. The largest absolute Gasteiger partial charge is 0.334 e. The highest BCUT2D eigenvalue weighted by molar-refractivity contribution is 7.07. The molecule has 1 saturated heterocycles. The van der Waals surface area contributed by atoms with Gasteiger partial charge in [0.15, 0.2) is 0 Å². The topological polar surface area (TPSA) is 42.7 Å². The molecule has 102 valence electrons. The van der Waals surface area contributed by atoms with Gasteiger partial charge in [0.05, 0.1) is 17.5 Å². The van der Waals surface area contributed by atoms with E-state index in [0.717, 1.165) is 26.1 Å². The molecule has 4 nitrogen and oxygen atoms in total. The number of thiazole rings is 1. The maximum Gasteiger partial charge on any atom is 0.0948 e. The Bertz CT molecular complexity index is 511. The molecule has 3 rings (SSSR count). The van der Waals surface area contributed by atoms with Crippen LogP contribution in [-0.4, -0.2) is 27.6 Å². The van der Waals surface area contributed by atoms with Gasteiger partial charge in [-0.3, -0.25) is 0 Å². The highest BCUT2D eigenvalue weighted by Gasteiger charge is 2.31. The predicted octanol–water partition coefficient (Wildman–Crippen LogP) is 2.22. The van der Waals surface area contributed by atoms with Crippen LogP contribution < -0.4 is 5.32 Å². The zero-order valence-electron chi connectivity index (χ0n) is 11.3. The summed E-state index contributed by atoms with van der Waals surface area (Å²) in [7, 11) is 0. The number of nitrogens with one attached hydrogen (secondary N) is 1. The van der Waals surface area contributed by atoms with Crippen molar-refractivity contribution in [3.8, 4) is 0 Å². The molecule has 5 heteroatoms. The third-order valence-electron chi connectivity index (χ3n) is 4.13. The second kappa shape index (κ2) is 5.43. The minimum absolute atomic E-state index is 0.268. The molecule has 0 atom stereocenters. The normalized spacial score (nSPS) is 18.6. The third kappa shape index (κ3) is 2.72. The van der Waals surface area contributed by atoms with Crippen LogP contribution in [0.15, 0.2) is 23.4 Å². The van der Waals surface area contributed by atoms with Crippen molar-refractivity contribution in [1.29, 1.82) is 0 Å². The molecule has 1 fully saturated rings. The quantitative estimate of drug-likeness (QED) is 0.931. The summed E-state index contributed by atoms with van der Waals surface area (Å²) in [6.07, 6.45) is 7.38. The summed E-state index contributed by atoms with van der Waals surface area (Å²) in [4.78, 5) is 8.72. The molecule has 1 N–H and O–H groups in total. The average Bonchev–Trinajstić information content (AvgIpc) is 3.09. The fourth-order valence-corrected chi connectivity index (χ4v) is 3.43. The Labute approximate surface area is 117 Å². The molecular formula is C14H20N4S. The number of piperidine rings is 1. The van der Waals surface area contributed by atoms with Gasteiger partial charge in [-0.1, -0.05) is 6.92 Å². The first-order valence-electron chi connectivity index (χ1n) is 6.86. The first-order valence-corrected chi connectivity index (χ1v) is 7.81. The van der Waals surface area contributed by atoms with E-state index in [1.807, 2.05) is 18.0 Å². The van der Waals surface area contributed by atoms with Crippen LogP contribution in [0, 0.1) is 0 Å². The van der Waals surface area contributed by atoms with Crippen LogP contribution in [0.2, 0.25) is 0 Å². The van der Waals surface area contributed by atoms with Gasteiger partial charge in [0.1, 0.15) is 0 Å². The van der Waals surface area contributed by atoms with Crippen LogP contribution in [-0.2, 0) is 18.4 Å². The highest BCUT2D eigenvalue weighted by atomic mass is 32.1. The van der Waals surface area contributed by atoms with Crippen molar-refractivity contribution in [2.24, 2.45) is 0 Å². The van der Waals surface area contributed by atoms with Crippen molar-refractivity contribution >= 4 is 11.3 Å². The molecule has 3 heterocycles. The molecular weight excluding hydrogens is 256 g/mol. The Morgan fingerprint density at radius 1 is 1.42 bits per heavy atom. The summed E-state index contributed by atoms with van der Waals surface area (Å²) >= 11 is 1.66. The van der Waals surface area contributed by atoms with Gasteiger partial charge in [-0.2, -0.15) is 0 Å². The fourth-order valence-electron chi connectivity index (χ4n) is 2.83. The Kier molecular flexibility index (Phi) is 3.66. The highest BCUT2D eigenvalue weighted by Crippen LogP contribution is 2.32. The zero-order valence-corrected chi connectivity index (χ0v) is 12.1. The Morgan fingerprint density at radius 3 is 3.00 bits per heavy atom. The molecule has 0 radical (unpaired) electrons. The number of nitrogens with zero attached hydrogens (tertiary/aromatic N) is 3. The third-order valence-corrected chi connectivity index (χ3v) is 4.77. The molecule has 0 bridgehead atoms. The van der Waals surface area contributed by atoms with Gasteiger partial charge in [0.25, 0.3) is 0 Å². The minimum atomic E-state index is 0.268. The first kappa shape index (κ1) is 12.8. The summed E-state index contributed by atoms with van der Waals surface area (Å²) in [5, 5.41) is 5.57. The number of aryl methyl sites for hydroxylation is 2. The van der Waals surface area contributed by atoms with Crippen LogP contribution in [0.5, 0.6) is 0 Å². The van der Waals surface area contributed by atoms with E-state index >= 15 is 0 Å². The van der Waals surface area contributed by atoms with Crippen molar-refractivity contribution in [2.75, 3.05) is 13.1 Å². The zero-order chi connectivity index (χ0) is 13.1. The van der Waals surface area contributed by atoms with E-state index in [1.165, 1.54) is 24.2 Å². The molecule has 2 aromatic rings. The number of rotatable bonds is 4. The molecule has 1 aliphatic heterocycles. The summed E-state index contributed by atoms with van der Waals surface area (Å²) in [5.74, 6) is 0. The summed E-state index contributed by atoms with van der Waals surface area (Å²) < 4.78 is 2.31. The second-order valence-corrected chi connectivity index (χ2v) is 6.23. The standard InChI is InChI=1S/C14H20N4S/c1-14(3-5-15-6-4-14)13-8-16-10-18(13)7-2-12-9-19-11-17-12/h8-11,15H,2-7H2,1H3. The smallest absolute Gasteiger partial charge is 0.0948 e. The van der Waals surface area contributed by atoms with Gasteiger partial charge in [-0.15, -0.1) is 11.3 Å². The first-order chi connectivity index (χ1) is 9.28. The van der Waals surface area contributed by atoms with E-state index in [2.05, 4.69) is 32.2 Å². The van der Waals surface area contributed by atoms with Gasteiger partial charge in [0, 0.05) is 35.7 Å². The molecule has 1 aliphatic rings. The van der Waals surface area contributed by atoms with Crippen molar-refractivity contribution in [1.82, 2.24) is 19.9 Å². The molecule has 0 amide bonds. The molecule has 2 aromatic heterocycles. The van der Waals surface area contributed by atoms with E-state index in [0.29, 0.717) is 0 Å². The monoisotopic (exact) mass is 276 g/mol. The van der Waals surface area contributed by atoms with Crippen molar-refractivity contribution in [3.05, 3.63) is 34.8 Å². The lowest BCUT2D eigenvalue weighted by molar-refractivity contribution is 0.316. The summed E-state index contributed by atoms with van der Waals surface area (Å²) in [6, 6.07) is 0. The number of hydrogen-bond donors (Lipinski definition) is 1. The lowest BCUT2D eigenvalue weighted by Crippen LogP contribution is -2.39. The van der Waals surface area contributed by atoms with Crippen LogP contribution in [0.3, 0.4) is 0 Å². The molecule has 0 aliphatic carbocycles. The molecule has 0 saturated carbocycles. The van der Waals surface area contributed by atoms with Crippen LogP contribution in [0.4, 0.5) is 0 Å². The van der Waals surface area contributed by atoms with Crippen molar-refractivity contribution < 1.29 is 0 Å². The molecule has 0 aromatic carbocycles. The SMILES string of the molecule is CC1(c2cncn2CCc2cscn2)CCNCC1. The van der Waals surface area contributed by atoms with Gasteiger partial charge in [-0.25, -0.2) is 9.97 Å². The summed E-state index contributed by atoms with van der Waals surface area (Å²) in [5.41, 5.74) is 4.73. The average molecular weight is 276 g/mol. The van der Waals surface area contributed by atoms with Crippen LogP contribution in [0.1, 0.15) is 31.2 Å². The van der Waals surface area contributed by atoms with E-state index in [9.17, 15) is 0 Å². The minimum Gasteiger partial charge on any atom is -0.334 e. The maximum absolute atomic E-state index is 4.37. The Hall–Kier alpha value is -1.20. The van der Waals surface area contributed by atoms with Crippen LogP contribution in [0.25, 0.3) is 0 Å². The Morgan fingerprint density at radius 2 is 2.26 bits per heavy atom. The number of aromatic nitrogens is 3. The lowest BCUT2D eigenvalue weighted by atomic mass is 9.78. The number of hydrogen-bond acceptors (Lipinski definition) is 4. The van der Waals surface area contributed by atoms with Gasteiger partial charge in [-0.05, 0) is 25.9 Å². The van der Waals surface area contributed by atoms with E-state index in [-0.39, 0.29) is 5.41 Å². The van der Waals surface area contributed by atoms with E-state index in [4.69, 9.17) is 0 Å². The second-order valence-electron chi connectivity index (χ2n) is 5.51. The van der Waals surface area contributed by atoms with Gasteiger partial charge >= 0.3 is 0 Å². The fraction of sp³-hybridized carbons (Fsp3) is 0.571.